The monoisotopic (exact) mass is 330 g/mol. The second-order valence-electron chi connectivity index (χ2n) is 5.47. The molecule has 2 heteroatoms. The number of fused-ring (bicyclic) bond motifs is 1. The lowest BCUT2D eigenvalue weighted by atomic mass is 9.79. The summed E-state index contributed by atoms with van der Waals surface area (Å²) in [5, 5.41) is 10.0. The van der Waals surface area contributed by atoms with Crippen LogP contribution >= 0.6 is 22.6 Å². The van der Waals surface area contributed by atoms with E-state index < -0.39 is 0 Å². The van der Waals surface area contributed by atoms with Gasteiger partial charge in [0.15, 0.2) is 0 Å². The van der Waals surface area contributed by atoms with Crippen molar-refractivity contribution in [1.29, 1.82) is 0 Å². The maximum atomic E-state index is 10.0. The Morgan fingerprint density at radius 3 is 2.69 bits per heavy atom. The topological polar surface area (TPSA) is 20.2 Å². The maximum Gasteiger partial charge on any atom is 0.132 e. The molecule has 0 atom stereocenters. The van der Waals surface area contributed by atoms with Crippen LogP contribution in [0.4, 0.5) is 0 Å². The van der Waals surface area contributed by atoms with Gasteiger partial charge in [0.05, 0.1) is 3.57 Å². The molecule has 1 aliphatic rings. The van der Waals surface area contributed by atoms with Crippen LogP contribution in [0.5, 0.6) is 5.75 Å². The van der Waals surface area contributed by atoms with Gasteiger partial charge in [0.2, 0.25) is 0 Å². The molecule has 0 saturated carbocycles. The Kier molecular flexibility index (Phi) is 3.21. The van der Waals surface area contributed by atoms with E-state index in [0.717, 1.165) is 15.6 Å². The Hall–Kier alpha value is -0.250. The molecule has 2 rings (SSSR count). The van der Waals surface area contributed by atoms with E-state index in [1.54, 1.807) is 0 Å². The first-order chi connectivity index (χ1) is 7.43. The highest BCUT2D eigenvalue weighted by Crippen LogP contribution is 2.41. The van der Waals surface area contributed by atoms with Crippen LogP contribution in [0.1, 0.15) is 49.8 Å². The van der Waals surface area contributed by atoms with E-state index in [-0.39, 0.29) is 5.41 Å². The fourth-order valence-electron chi connectivity index (χ4n) is 2.66. The van der Waals surface area contributed by atoms with Crippen molar-refractivity contribution in [3.8, 4) is 5.75 Å². The summed E-state index contributed by atoms with van der Waals surface area (Å²) < 4.78 is 1.07. The minimum absolute atomic E-state index is 0.254. The molecule has 0 spiro atoms. The molecule has 1 nitrogen and oxygen atoms in total. The first-order valence-electron chi connectivity index (χ1n) is 5.95. The zero-order valence-electron chi connectivity index (χ0n) is 10.2. The van der Waals surface area contributed by atoms with Gasteiger partial charge in [0, 0.05) is 0 Å². The van der Waals surface area contributed by atoms with E-state index in [2.05, 4.69) is 42.5 Å². The summed E-state index contributed by atoms with van der Waals surface area (Å²) in [6.45, 7) is 6.65. The van der Waals surface area contributed by atoms with Crippen molar-refractivity contribution in [2.24, 2.45) is 0 Å². The normalized spacial score (nSPS) is 19.0. The van der Waals surface area contributed by atoms with Crippen molar-refractivity contribution < 1.29 is 5.11 Å². The van der Waals surface area contributed by atoms with Gasteiger partial charge in [-0.1, -0.05) is 26.3 Å². The highest BCUT2D eigenvalue weighted by atomic mass is 127. The van der Waals surface area contributed by atoms with Gasteiger partial charge in [-0.2, -0.15) is 0 Å². The second-order valence-corrected chi connectivity index (χ2v) is 6.55. The van der Waals surface area contributed by atoms with Gasteiger partial charge in [0.1, 0.15) is 5.75 Å². The van der Waals surface area contributed by atoms with Crippen LogP contribution in [0.3, 0.4) is 0 Å². The molecule has 0 fully saturated rings. The van der Waals surface area contributed by atoms with Gasteiger partial charge in [0.25, 0.3) is 0 Å². The number of phenolic OH excluding ortho intramolecular Hbond substituents is 1. The summed E-state index contributed by atoms with van der Waals surface area (Å²) in [6, 6.07) is 2.19. The van der Waals surface area contributed by atoms with Gasteiger partial charge in [-0.3, -0.25) is 0 Å². The van der Waals surface area contributed by atoms with Crippen LogP contribution < -0.4 is 0 Å². The zero-order valence-corrected chi connectivity index (χ0v) is 12.4. The van der Waals surface area contributed by atoms with Crippen molar-refractivity contribution in [3.05, 3.63) is 26.3 Å². The fourth-order valence-corrected chi connectivity index (χ4v) is 3.64. The Labute approximate surface area is 111 Å². The molecule has 1 aliphatic carbocycles. The van der Waals surface area contributed by atoms with Gasteiger partial charge >= 0.3 is 0 Å². The fraction of sp³-hybridized carbons (Fsp3) is 0.571. The number of halogens is 1. The molecule has 0 heterocycles. The summed E-state index contributed by atoms with van der Waals surface area (Å²) in [4.78, 5) is 0. The third-order valence-corrected chi connectivity index (χ3v) is 4.90. The zero-order chi connectivity index (χ0) is 11.9. The lowest BCUT2D eigenvalue weighted by molar-refractivity contribution is 0.457. The molecular weight excluding hydrogens is 311 g/mol. The standard InChI is InChI=1S/C14H19IO/c1-9-8-11-10(12(15)13(9)16)6-4-5-7-14(11,2)3/h8,16H,4-7H2,1-3H3. The van der Waals surface area contributed by atoms with Crippen molar-refractivity contribution in [1.82, 2.24) is 0 Å². The van der Waals surface area contributed by atoms with Crippen LogP contribution in [0.2, 0.25) is 0 Å². The molecule has 0 unspecified atom stereocenters. The number of benzene rings is 1. The highest BCUT2D eigenvalue weighted by molar-refractivity contribution is 14.1. The number of phenols is 1. The molecule has 0 bridgehead atoms. The molecule has 1 aromatic carbocycles. The van der Waals surface area contributed by atoms with Crippen LogP contribution in [0.15, 0.2) is 6.07 Å². The lowest BCUT2D eigenvalue weighted by Crippen LogP contribution is -2.18. The van der Waals surface area contributed by atoms with Gasteiger partial charge in [-0.05, 0) is 70.9 Å². The Morgan fingerprint density at radius 1 is 1.31 bits per heavy atom. The number of hydrogen-bond donors (Lipinski definition) is 1. The van der Waals surface area contributed by atoms with Crippen molar-refractivity contribution in [3.63, 3.8) is 0 Å². The van der Waals surface area contributed by atoms with Crippen LogP contribution in [-0.2, 0) is 11.8 Å². The van der Waals surface area contributed by atoms with Gasteiger partial charge in [-0.25, -0.2) is 0 Å². The summed E-state index contributed by atoms with van der Waals surface area (Å²) in [5.41, 5.74) is 4.10. The number of aryl methyl sites for hydroxylation is 1. The molecule has 0 amide bonds. The van der Waals surface area contributed by atoms with E-state index in [1.807, 2.05) is 6.92 Å². The smallest absolute Gasteiger partial charge is 0.132 e. The molecule has 0 aliphatic heterocycles. The Balaban J connectivity index is 2.68. The third-order valence-electron chi connectivity index (χ3n) is 3.74. The molecule has 0 aromatic heterocycles. The molecule has 0 radical (unpaired) electrons. The summed E-state index contributed by atoms with van der Waals surface area (Å²) in [5.74, 6) is 0.483. The van der Waals surface area contributed by atoms with E-state index in [9.17, 15) is 5.11 Å². The molecule has 88 valence electrons. The predicted molar refractivity (Wildman–Crippen MR) is 76.1 cm³/mol. The average Bonchev–Trinajstić information content (AvgIpc) is 2.36. The van der Waals surface area contributed by atoms with E-state index >= 15 is 0 Å². The molecule has 1 N–H and O–H groups in total. The summed E-state index contributed by atoms with van der Waals surface area (Å²) in [7, 11) is 0. The van der Waals surface area contributed by atoms with E-state index in [1.165, 1.54) is 30.4 Å². The Morgan fingerprint density at radius 2 is 2.00 bits per heavy atom. The van der Waals surface area contributed by atoms with Crippen LogP contribution in [0, 0.1) is 10.5 Å². The van der Waals surface area contributed by atoms with E-state index in [4.69, 9.17) is 0 Å². The summed E-state index contributed by atoms with van der Waals surface area (Å²) >= 11 is 2.30. The van der Waals surface area contributed by atoms with Crippen molar-refractivity contribution in [2.45, 2.75) is 51.9 Å². The molecule has 1 aromatic rings. The maximum absolute atomic E-state index is 10.0. The number of rotatable bonds is 0. The van der Waals surface area contributed by atoms with Gasteiger partial charge in [-0.15, -0.1) is 0 Å². The number of aromatic hydroxyl groups is 1. The second kappa shape index (κ2) is 4.21. The first kappa shape index (κ1) is 12.2. The Bertz CT molecular complexity index is 421. The van der Waals surface area contributed by atoms with Crippen LogP contribution in [-0.4, -0.2) is 5.11 Å². The van der Waals surface area contributed by atoms with Crippen molar-refractivity contribution in [2.75, 3.05) is 0 Å². The molecule has 0 saturated heterocycles. The minimum Gasteiger partial charge on any atom is -0.507 e. The minimum atomic E-state index is 0.254. The van der Waals surface area contributed by atoms with E-state index in [0.29, 0.717) is 5.75 Å². The predicted octanol–water partition coefficient (Wildman–Crippen LogP) is 4.31. The lowest BCUT2D eigenvalue weighted by Gasteiger charge is -2.27. The SMILES string of the molecule is Cc1cc2c(c(I)c1O)CCCCC2(C)C. The van der Waals surface area contributed by atoms with Crippen molar-refractivity contribution >= 4 is 22.6 Å². The molecular formula is C14H19IO. The number of hydrogen-bond acceptors (Lipinski definition) is 1. The highest BCUT2D eigenvalue weighted by Gasteiger charge is 2.28. The molecule has 16 heavy (non-hydrogen) atoms. The quantitative estimate of drug-likeness (QED) is 0.555. The third kappa shape index (κ3) is 1.96. The largest absolute Gasteiger partial charge is 0.507 e. The average molecular weight is 330 g/mol. The van der Waals surface area contributed by atoms with Gasteiger partial charge < -0.3 is 5.11 Å². The first-order valence-corrected chi connectivity index (χ1v) is 7.03. The van der Waals surface area contributed by atoms with Crippen LogP contribution in [0.25, 0.3) is 0 Å². The summed E-state index contributed by atoms with van der Waals surface area (Å²) in [6.07, 6.45) is 4.90.